The average Bonchev–Trinajstić information content (AvgIpc) is 2.88. The van der Waals surface area contributed by atoms with Gasteiger partial charge < -0.3 is 15.0 Å². The molecule has 1 saturated carbocycles. The SMILES string of the molecule is COc1ccc(CN(C(=O)CCCN(c2cc(C)cc(C)c2)S(C)(=O)=O)[C@H](C)C(=O)NC2CCCCC2)cc1. The smallest absolute Gasteiger partial charge is 0.242 e. The Morgan fingerprint density at radius 1 is 1.03 bits per heavy atom. The highest BCUT2D eigenvalue weighted by Crippen LogP contribution is 2.23. The van der Waals surface area contributed by atoms with Gasteiger partial charge in [0.05, 0.1) is 19.1 Å². The van der Waals surface area contributed by atoms with Gasteiger partial charge in [-0.05, 0) is 81.0 Å². The number of carbonyl (C=O) groups is 2. The fourth-order valence-corrected chi connectivity index (χ4v) is 6.13. The summed E-state index contributed by atoms with van der Waals surface area (Å²) >= 11 is 0. The molecule has 0 unspecified atom stereocenters. The van der Waals surface area contributed by atoms with Crippen LogP contribution in [-0.2, 0) is 26.2 Å². The summed E-state index contributed by atoms with van der Waals surface area (Å²) in [6, 6.07) is 12.6. The highest BCUT2D eigenvalue weighted by atomic mass is 32.2. The van der Waals surface area contributed by atoms with Crippen molar-refractivity contribution < 1.29 is 22.7 Å². The summed E-state index contributed by atoms with van der Waals surface area (Å²) in [6.07, 6.45) is 6.95. The molecule has 0 radical (unpaired) electrons. The van der Waals surface area contributed by atoms with E-state index >= 15 is 0 Å². The van der Waals surface area contributed by atoms with Crippen LogP contribution in [0.3, 0.4) is 0 Å². The number of nitrogens with zero attached hydrogens (tertiary/aromatic N) is 2. The van der Waals surface area contributed by atoms with E-state index in [9.17, 15) is 18.0 Å². The number of anilines is 1. The number of hydrogen-bond donors (Lipinski definition) is 1. The topological polar surface area (TPSA) is 96.0 Å². The molecular formula is C30H43N3O5S. The summed E-state index contributed by atoms with van der Waals surface area (Å²) in [5.41, 5.74) is 3.42. The van der Waals surface area contributed by atoms with E-state index in [0.29, 0.717) is 17.9 Å². The lowest BCUT2D eigenvalue weighted by Gasteiger charge is -2.31. The molecule has 3 rings (SSSR count). The van der Waals surface area contributed by atoms with Gasteiger partial charge in [-0.15, -0.1) is 0 Å². The van der Waals surface area contributed by atoms with E-state index in [1.54, 1.807) is 18.9 Å². The second-order valence-corrected chi connectivity index (χ2v) is 12.6. The molecular weight excluding hydrogens is 514 g/mol. The van der Waals surface area contributed by atoms with Crippen LogP contribution < -0.4 is 14.4 Å². The summed E-state index contributed by atoms with van der Waals surface area (Å²) < 4.78 is 31.8. The van der Waals surface area contributed by atoms with Crippen molar-refractivity contribution >= 4 is 27.5 Å². The van der Waals surface area contributed by atoms with Crippen molar-refractivity contribution in [3.05, 3.63) is 59.2 Å². The van der Waals surface area contributed by atoms with E-state index in [1.807, 2.05) is 56.3 Å². The minimum absolute atomic E-state index is 0.119. The Bertz CT molecular complexity index is 1200. The molecule has 0 aliphatic heterocycles. The summed E-state index contributed by atoms with van der Waals surface area (Å²) in [5.74, 6) is 0.370. The van der Waals surface area contributed by atoms with Crippen LogP contribution in [0.5, 0.6) is 5.75 Å². The normalized spacial score (nSPS) is 14.9. The highest BCUT2D eigenvalue weighted by molar-refractivity contribution is 7.92. The largest absolute Gasteiger partial charge is 0.497 e. The minimum Gasteiger partial charge on any atom is -0.497 e. The van der Waals surface area contributed by atoms with Crippen LogP contribution in [0, 0.1) is 13.8 Å². The maximum Gasteiger partial charge on any atom is 0.242 e. The fraction of sp³-hybridized carbons (Fsp3) is 0.533. The molecule has 1 aliphatic carbocycles. The van der Waals surface area contributed by atoms with Crippen LogP contribution in [0.2, 0.25) is 0 Å². The zero-order chi connectivity index (χ0) is 28.6. The molecule has 0 heterocycles. The Kier molecular flexibility index (Phi) is 10.8. The van der Waals surface area contributed by atoms with Gasteiger partial charge in [-0.3, -0.25) is 13.9 Å². The van der Waals surface area contributed by atoms with Crippen LogP contribution in [0.25, 0.3) is 0 Å². The van der Waals surface area contributed by atoms with Gasteiger partial charge in [-0.1, -0.05) is 37.5 Å². The third-order valence-electron chi connectivity index (χ3n) is 7.28. The molecule has 0 aromatic heterocycles. The first-order chi connectivity index (χ1) is 18.5. The minimum atomic E-state index is -3.54. The molecule has 39 heavy (non-hydrogen) atoms. The maximum absolute atomic E-state index is 13.5. The Labute approximate surface area is 233 Å². The van der Waals surface area contributed by atoms with Crippen LogP contribution >= 0.6 is 0 Å². The van der Waals surface area contributed by atoms with Crippen LogP contribution in [0.1, 0.15) is 68.6 Å². The maximum atomic E-state index is 13.5. The van der Waals surface area contributed by atoms with E-state index in [0.717, 1.165) is 42.4 Å². The predicted octanol–water partition coefficient (Wildman–Crippen LogP) is 4.72. The quantitative estimate of drug-likeness (QED) is 0.407. The van der Waals surface area contributed by atoms with Crippen molar-refractivity contribution in [2.45, 2.75) is 84.3 Å². The molecule has 2 aromatic carbocycles. The van der Waals surface area contributed by atoms with Crippen LogP contribution in [0.4, 0.5) is 5.69 Å². The first-order valence-corrected chi connectivity index (χ1v) is 15.6. The third-order valence-corrected chi connectivity index (χ3v) is 8.47. The van der Waals surface area contributed by atoms with Crippen molar-refractivity contribution in [3.8, 4) is 5.75 Å². The van der Waals surface area contributed by atoms with Gasteiger partial charge in [0.15, 0.2) is 0 Å². The van der Waals surface area contributed by atoms with Gasteiger partial charge >= 0.3 is 0 Å². The molecule has 1 atom stereocenters. The molecule has 8 nitrogen and oxygen atoms in total. The van der Waals surface area contributed by atoms with Crippen LogP contribution in [-0.4, -0.2) is 57.1 Å². The second-order valence-electron chi connectivity index (χ2n) is 10.7. The monoisotopic (exact) mass is 557 g/mol. The molecule has 2 amide bonds. The van der Waals surface area contributed by atoms with Gasteiger partial charge in [0.1, 0.15) is 11.8 Å². The number of carbonyl (C=O) groups excluding carboxylic acids is 2. The van der Waals surface area contributed by atoms with Crippen molar-refractivity contribution in [1.29, 1.82) is 0 Å². The molecule has 0 saturated heterocycles. The van der Waals surface area contributed by atoms with Crippen LogP contribution in [0.15, 0.2) is 42.5 Å². The summed E-state index contributed by atoms with van der Waals surface area (Å²) in [4.78, 5) is 28.3. The zero-order valence-corrected chi connectivity index (χ0v) is 24.7. The molecule has 1 fully saturated rings. The van der Waals surface area contributed by atoms with E-state index in [-0.39, 0.29) is 37.4 Å². The Morgan fingerprint density at radius 3 is 2.21 bits per heavy atom. The predicted molar refractivity (Wildman–Crippen MR) is 155 cm³/mol. The van der Waals surface area contributed by atoms with E-state index in [2.05, 4.69) is 5.32 Å². The number of amides is 2. The lowest BCUT2D eigenvalue weighted by molar-refractivity contribution is -0.141. The average molecular weight is 558 g/mol. The molecule has 214 valence electrons. The van der Waals surface area contributed by atoms with E-state index in [1.165, 1.54) is 17.0 Å². The highest BCUT2D eigenvalue weighted by Gasteiger charge is 2.28. The molecule has 0 spiro atoms. The van der Waals surface area contributed by atoms with Gasteiger partial charge in [0, 0.05) is 25.6 Å². The summed E-state index contributed by atoms with van der Waals surface area (Å²) in [6.45, 7) is 6.06. The summed E-state index contributed by atoms with van der Waals surface area (Å²) in [7, 11) is -1.94. The van der Waals surface area contributed by atoms with E-state index in [4.69, 9.17) is 4.74 Å². The zero-order valence-electron chi connectivity index (χ0n) is 23.9. The van der Waals surface area contributed by atoms with Crippen molar-refractivity contribution in [3.63, 3.8) is 0 Å². The lowest BCUT2D eigenvalue weighted by atomic mass is 9.95. The number of rotatable bonds is 12. The van der Waals surface area contributed by atoms with Gasteiger partial charge in [0.2, 0.25) is 21.8 Å². The number of methoxy groups -OCH3 is 1. The fourth-order valence-electron chi connectivity index (χ4n) is 5.18. The van der Waals surface area contributed by atoms with Gasteiger partial charge in [-0.25, -0.2) is 8.42 Å². The molecule has 0 bridgehead atoms. The third kappa shape index (κ3) is 8.98. The van der Waals surface area contributed by atoms with Crippen molar-refractivity contribution in [1.82, 2.24) is 10.2 Å². The number of hydrogen-bond acceptors (Lipinski definition) is 5. The number of nitrogens with one attached hydrogen (secondary N) is 1. The first kappa shape index (κ1) is 30.5. The number of ether oxygens (including phenoxy) is 1. The molecule has 1 aliphatic rings. The number of benzene rings is 2. The van der Waals surface area contributed by atoms with Gasteiger partial charge in [-0.2, -0.15) is 0 Å². The second kappa shape index (κ2) is 13.8. The Morgan fingerprint density at radius 2 is 1.64 bits per heavy atom. The number of aryl methyl sites for hydroxylation is 2. The summed E-state index contributed by atoms with van der Waals surface area (Å²) in [5, 5.41) is 3.14. The Balaban J connectivity index is 1.73. The number of sulfonamides is 1. The van der Waals surface area contributed by atoms with Crippen molar-refractivity contribution in [2.75, 3.05) is 24.2 Å². The standard InChI is InChI=1S/C30H43N3O5S/c1-22-18-23(2)20-27(19-22)33(39(5,36)37)17-9-12-29(34)32(21-25-13-15-28(38-4)16-14-25)24(3)30(35)31-26-10-7-6-8-11-26/h13-16,18-20,24,26H,6-12,17,21H2,1-5H3,(H,31,35)/t24-/m1/s1. The van der Waals surface area contributed by atoms with Crippen molar-refractivity contribution in [2.24, 2.45) is 0 Å². The lowest BCUT2D eigenvalue weighted by Crippen LogP contribution is -2.50. The first-order valence-electron chi connectivity index (χ1n) is 13.8. The van der Waals surface area contributed by atoms with Gasteiger partial charge in [0.25, 0.3) is 0 Å². The molecule has 2 aromatic rings. The van der Waals surface area contributed by atoms with E-state index < -0.39 is 16.1 Å². The molecule has 9 heteroatoms. The Hall–Kier alpha value is -3.07. The molecule has 1 N–H and O–H groups in total.